The fourth-order valence-electron chi connectivity index (χ4n) is 2.09. The van der Waals surface area contributed by atoms with E-state index in [2.05, 4.69) is 15.4 Å². The van der Waals surface area contributed by atoms with Gasteiger partial charge in [-0.3, -0.25) is 9.59 Å². The Balaban J connectivity index is 1.52. The molecular weight excluding hydrogens is 302 g/mol. The fraction of sp³-hybridized carbons (Fsp3) is 0.286. The molecule has 2 amide bonds. The van der Waals surface area contributed by atoms with Gasteiger partial charge in [0, 0.05) is 37.7 Å². The highest BCUT2D eigenvalue weighted by molar-refractivity contribution is 8.13. The predicted molar refractivity (Wildman–Crippen MR) is 84.0 cm³/mol. The zero-order valence-corrected chi connectivity index (χ0v) is 12.6. The molecule has 1 fully saturated rings. The number of carbonyl (C=O) groups is 2. The number of aromatic nitrogens is 3. The molecule has 7 nitrogen and oxygen atoms in total. The molecule has 0 spiro atoms. The van der Waals surface area contributed by atoms with Gasteiger partial charge in [-0.05, 0) is 18.2 Å². The van der Waals surface area contributed by atoms with Crippen LogP contribution in [-0.4, -0.2) is 49.7 Å². The van der Waals surface area contributed by atoms with Crippen molar-refractivity contribution in [2.24, 2.45) is 0 Å². The van der Waals surface area contributed by atoms with Crippen LogP contribution in [0.15, 0.2) is 36.8 Å². The molecule has 0 bridgehead atoms. The van der Waals surface area contributed by atoms with Gasteiger partial charge in [0.1, 0.15) is 0 Å². The van der Waals surface area contributed by atoms with E-state index in [0.29, 0.717) is 18.1 Å². The highest BCUT2D eigenvalue weighted by Crippen LogP contribution is 2.17. The van der Waals surface area contributed by atoms with Crippen LogP contribution in [0.4, 0.5) is 10.5 Å². The van der Waals surface area contributed by atoms with Crippen molar-refractivity contribution >= 4 is 28.6 Å². The molecule has 0 saturated carbocycles. The Labute approximate surface area is 131 Å². The van der Waals surface area contributed by atoms with Gasteiger partial charge in [0.25, 0.3) is 5.24 Å². The van der Waals surface area contributed by atoms with Gasteiger partial charge in [0.2, 0.25) is 5.91 Å². The van der Waals surface area contributed by atoms with Gasteiger partial charge in [-0.15, -0.1) is 0 Å². The molecule has 0 atom stereocenters. The summed E-state index contributed by atoms with van der Waals surface area (Å²) in [5.41, 5.74) is 0.628. The van der Waals surface area contributed by atoms with Crippen molar-refractivity contribution in [3.63, 3.8) is 0 Å². The molecule has 22 heavy (non-hydrogen) atoms. The second-order valence-electron chi connectivity index (χ2n) is 4.76. The first kappa shape index (κ1) is 14.6. The van der Waals surface area contributed by atoms with E-state index in [9.17, 15) is 9.59 Å². The summed E-state index contributed by atoms with van der Waals surface area (Å²) in [5, 5.41) is 6.92. The number of carbonyl (C=O) groups excluding carboxylic acids is 2. The summed E-state index contributed by atoms with van der Waals surface area (Å²) in [4.78, 5) is 29.3. The lowest BCUT2D eigenvalue weighted by Gasteiger charge is -2.13. The summed E-state index contributed by atoms with van der Waals surface area (Å²) in [5.74, 6) is 1.36. The van der Waals surface area contributed by atoms with Crippen molar-refractivity contribution in [2.45, 2.75) is 6.42 Å². The molecule has 0 unspecified atom stereocenters. The molecule has 0 aromatic carbocycles. The molecule has 2 aromatic rings. The Morgan fingerprint density at radius 3 is 2.95 bits per heavy atom. The van der Waals surface area contributed by atoms with Gasteiger partial charge in [0.15, 0.2) is 5.82 Å². The molecule has 114 valence electrons. The van der Waals surface area contributed by atoms with Gasteiger partial charge < -0.3 is 10.2 Å². The zero-order chi connectivity index (χ0) is 15.4. The lowest BCUT2D eigenvalue weighted by atomic mass is 10.3. The number of nitrogens with one attached hydrogen (secondary N) is 1. The highest BCUT2D eigenvalue weighted by atomic mass is 32.2. The van der Waals surface area contributed by atoms with Crippen LogP contribution in [0.3, 0.4) is 0 Å². The van der Waals surface area contributed by atoms with Gasteiger partial charge in [-0.1, -0.05) is 11.8 Å². The van der Waals surface area contributed by atoms with Gasteiger partial charge in [0.05, 0.1) is 11.9 Å². The maximum atomic E-state index is 11.9. The third-order valence-corrected chi connectivity index (χ3v) is 4.12. The van der Waals surface area contributed by atoms with E-state index < -0.39 is 0 Å². The second kappa shape index (κ2) is 6.61. The van der Waals surface area contributed by atoms with Gasteiger partial charge >= 0.3 is 0 Å². The van der Waals surface area contributed by atoms with E-state index >= 15 is 0 Å². The van der Waals surface area contributed by atoms with Gasteiger partial charge in [-0.25, -0.2) is 9.67 Å². The zero-order valence-electron chi connectivity index (χ0n) is 11.8. The molecular formula is C14H15N5O2S. The van der Waals surface area contributed by atoms with Crippen molar-refractivity contribution in [3.05, 3.63) is 36.8 Å². The van der Waals surface area contributed by atoms with E-state index in [1.165, 1.54) is 11.8 Å². The van der Waals surface area contributed by atoms with Crippen LogP contribution in [0, 0.1) is 0 Å². The van der Waals surface area contributed by atoms with E-state index in [4.69, 9.17) is 0 Å². The molecule has 0 radical (unpaired) electrons. The molecule has 2 aromatic heterocycles. The Morgan fingerprint density at radius 2 is 2.32 bits per heavy atom. The SMILES string of the molecule is O=C(CCN1CCSC1=O)Nc1ccc(-n2cccn2)nc1. The van der Waals surface area contributed by atoms with Crippen LogP contribution in [0.2, 0.25) is 0 Å². The summed E-state index contributed by atoms with van der Waals surface area (Å²) < 4.78 is 1.64. The van der Waals surface area contributed by atoms with E-state index in [1.807, 2.05) is 6.07 Å². The number of nitrogens with zero attached hydrogens (tertiary/aromatic N) is 4. The molecule has 8 heteroatoms. The molecule has 3 rings (SSSR count). The van der Waals surface area contributed by atoms with Crippen LogP contribution < -0.4 is 5.32 Å². The number of amides is 2. The maximum absolute atomic E-state index is 11.9. The summed E-state index contributed by atoms with van der Waals surface area (Å²) >= 11 is 1.30. The summed E-state index contributed by atoms with van der Waals surface area (Å²) in [7, 11) is 0. The minimum absolute atomic E-state index is 0.0537. The van der Waals surface area contributed by atoms with Crippen molar-refractivity contribution in [1.82, 2.24) is 19.7 Å². The molecule has 0 aliphatic carbocycles. The third kappa shape index (κ3) is 3.45. The topological polar surface area (TPSA) is 80.1 Å². The van der Waals surface area contributed by atoms with Crippen LogP contribution in [-0.2, 0) is 4.79 Å². The Kier molecular flexibility index (Phi) is 4.38. The Morgan fingerprint density at radius 1 is 1.41 bits per heavy atom. The van der Waals surface area contributed by atoms with Crippen LogP contribution >= 0.6 is 11.8 Å². The number of hydrogen-bond donors (Lipinski definition) is 1. The standard InChI is InChI=1S/C14H15N5O2S/c20-13(4-7-18-8-9-22-14(18)21)17-11-2-3-12(15-10-11)19-6-1-5-16-19/h1-3,5-6,10H,4,7-9H2,(H,17,20). The lowest BCUT2D eigenvalue weighted by Crippen LogP contribution is -2.27. The first-order chi connectivity index (χ1) is 10.7. The molecule has 1 N–H and O–H groups in total. The average molecular weight is 317 g/mol. The van der Waals surface area contributed by atoms with E-state index in [1.54, 1.807) is 40.3 Å². The molecule has 1 aliphatic rings. The van der Waals surface area contributed by atoms with Crippen molar-refractivity contribution in [1.29, 1.82) is 0 Å². The maximum Gasteiger partial charge on any atom is 0.281 e. The number of anilines is 1. The molecule has 1 saturated heterocycles. The number of rotatable bonds is 5. The molecule has 3 heterocycles. The van der Waals surface area contributed by atoms with Crippen LogP contribution in [0.1, 0.15) is 6.42 Å². The number of pyridine rings is 1. The fourth-order valence-corrected chi connectivity index (χ4v) is 2.94. The highest BCUT2D eigenvalue weighted by Gasteiger charge is 2.21. The Bertz CT molecular complexity index is 656. The lowest BCUT2D eigenvalue weighted by molar-refractivity contribution is -0.116. The number of thioether (sulfide) groups is 1. The van der Waals surface area contributed by atoms with Crippen molar-refractivity contribution in [3.8, 4) is 5.82 Å². The molecule has 1 aliphatic heterocycles. The average Bonchev–Trinajstić information content (AvgIpc) is 3.18. The smallest absolute Gasteiger partial charge is 0.281 e. The first-order valence-electron chi connectivity index (χ1n) is 6.90. The van der Waals surface area contributed by atoms with Crippen molar-refractivity contribution < 1.29 is 9.59 Å². The van der Waals surface area contributed by atoms with Crippen LogP contribution in [0.25, 0.3) is 5.82 Å². The minimum atomic E-state index is -0.127. The normalized spacial score (nSPS) is 14.4. The number of hydrogen-bond acceptors (Lipinski definition) is 5. The van der Waals surface area contributed by atoms with E-state index in [0.717, 1.165) is 12.3 Å². The van der Waals surface area contributed by atoms with Crippen LogP contribution in [0.5, 0.6) is 0 Å². The summed E-state index contributed by atoms with van der Waals surface area (Å²) in [6.45, 7) is 1.17. The van der Waals surface area contributed by atoms with Gasteiger partial charge in [-0.2, -0.15) is 5.10 Å². The Hall–Kier alpha value is -2.35. The first-order valence-corrected chi connectivity index (χ1v) is 7.88. The summed E-state index contributed by atoms with van der Waals surface area (Å²) in [6.07, 6.45) is 5.35. The quantitative estimate of drug-likeness (QED) is 0.909. The minimum Gasteiger partial charge on any atom is -0.332 e. The summed E-state index contributed by atoms with van der Waals surface area (Å²) in [6, 6.07) is 5.37. The van der Waals surface area contributed by atoms with E-state index in [-0.39, 0.29) is 17.6 Å². The largest absolute Gasteiger partial charge is 0.332 e. The predicted octanol–water partition coefficient (Wildman–Crippen LogP) is 1.76. The van der Waals surface area contributed by atoms with Crippen molar-refractivity contribution in [2.75, 3.05) is 24.2 Å². The second-order valence-corrected chi connectivity index (χ2v) is 5.80. The monoisotopic (exact) mass is 317 g/mol. The third-order valence-electron chi connectivity index (χ3n) is 3.22.